The molecule has 0 unspecified atom stereocenters. The summed E-state index contributed by atoms with van der Waals surface area (Å²) in [6.07, 6.45) is 0.941. The molecule has 33 heavy (non-hydrogen) atoms. The van der Waals surface area contributed by atoms with Gasteiger partial charge in [0.2, 0.25) is 21.8 Å². The van der Waals surface area contributed by atoms with Crippen molar-refractivity contribution in [1.82, 2.24) is 4.31 Å². The average Bonchev–Trinajstić information content (AvgIpc) is 2.83. The molecular formula is C23H26N4O5S. The van der Waals surface area contributed by atoms with Crippen molar-refractivity contribution in [1.29, 1.82) is 0 Å². The molecule has 9 nitrogen and oxygen atoms in total. The first-order chi connectivity index (χ1) is 15.8. The van der Waals surface area contributed by atoms with Gasteiger partial charge in [0.1, 0.15) is 6.54 Å². The molecule has 2 aromatic rings. The smallest absolute Gasteiger partial charge is 0.258 e. The molecule has 2 aromatic carbocycles. The second-order valence-corrected chi connectivity index (χ2v) is 10.4. The number of rotatable bonds is 5. The molecule has 0 spiro atoms. The molecule has 2 aliphatic rings. The fraction of sp³-hybridized carbons (Fsp3) is 0.348. The van der Waals surface area contributed by atoms with E-state index < -0.39 is 10.0 Å². The van der Waals surface area contributed by atoms with Crippen molar-refractivity contribution >= 4 is 44.8 Å². The molecular weight excluding hydrogens is 444 g/mol. The van der Waals surface area contributed by atoms with Crippen LogP contribution in [-0.2, 0) is 19.6 Å². The number of carbonyl (C=O) groups is 3. The van der Waals surface area contributed by atoms with Crippen LogP contribution in [0.4, 0.5) is 17.1 Å². The predicted octanol–water partition coefficient (Wildman–Crippen LogP) is 2.29. The van der Waals surface area contributed by atoms with Crippen molar-refractivity contribution in [3.8, 4) is 0 Å². The molecule has 2 N–H and O–H groups in total. The lowest BCUT2D eigenvalue weighted by Gasteiger charge is -2.30. The molecule has 1 fully saturated rings. The molecule has 3 amide bonds. The van der Waals surface area contributed by atoms with Crippen LogP contribution in [0.15, 0.2) is 48.5 Å². The summed E-state index contributed by atoms with van der Waals surface area (Å²) in [5, 5.41) is 5.61. The zero-order chi connectivity index (χ0) is 23.6. The highest BCUT2D eigenvalue weighted by molar-refractivity contribution is 7.89. The Balaban J connectivity index is 1.39. The Morgan fingerprint density at radius 1 is 1.06 bits per heavy atom. The molecule has 0 radical (unpaired) electrons. The highest BCUT2D eigenvalue weighted by Gasteiger charge is 2.30. The van der Waals surface area contributed by atoms with Crippen LogP contribution in [0.3, 0.4) is 0 Å². The highest BCUT2D eigenvalue weighted by atomic mass is 32.2. The van der Waals surface area contributed by atoms with E-state index in [0.29, 0.717) is 48.6 Å². The van der Waals surface area contributed by atoms with Gasteiger partial charge in [0.05, 0.1) is 17.1 Å². The van der Waals surface area contributed by atoms with E-state index in [4.69, 9.17) is 0 Å². The minimum Gasteiger partial charge on any atom is -0.326 e. The van der Waals surface area contributed by atoms with Crippen LogP contribution < -0.4 is 15.5 Å². The SMILES string of the molecule is CCS(=O)(=O)N1CCC(C(=O)Nc2ccc(C(=O)N3CC(=O)Nc4ccccc43)cc2)CC1. The maximum atomic E-state index is 13.0. The Morgan fingerprint density at radius 2 is 1.73 bits per heavy atom. The molecule has 2 heterocycles. The largest absolute Gasteiger partial charge is 0.326 e. The van der Waals surface area contributed by atoms with Crippen LogP contribution in [0.25, 0.3) is 0 Å². The number of piperidine rings is 1. The van der Waals surface area contributed by atoms with E-state index in [9.17, 15) is 22.8 Å². The normalized spacial score (nSPS) is 17.2. The molecule has 0 atom stereocenters. The molecule has 1 saturated heterocycles. The minimum atomic E-state index is -3.23. The number of nitrogens with zero attached hydrogens (tertiary/aromatic N) is 2. The Morgan fingerprint density at radius 3 is 2.39 bits per heavy atom. The third-order valence-electron chi connectivity index (χ3n) is 6.00. The Labute approximate surface area is 192 Å². The molecule has 0 aliphatic carbocycles. The van der Waals surface area contributed by atoms with Crippen molar-refractivity contribution in [2.45, 2.75) is 19.8 Å². The Hall–Kier alpha value is -3.24. The highest BCUT2D eigenvalue weighted by Crippen LogP contribution is 2.30. The van der Waals surface area contributed by atoms with Gasteiger partial charge in [-0.25, -0.2) is 12.7 Å². The molecule has 0 saturated carbocycles. The van der Waals surface area contributed by atoms with Crippen LogP contribution in [0, 0.1) is 5.92 Å². The van der Waals surface area contributed by atoms with Crippen molar-refractivity contribution in [3.63, 3.8) is 0 Å². The second kappa shape index (κ2) is 9.32. The average molecular weight is 471 g/mol. The van der Waals surface area contributed by atoms with Gasteiger partial charge in [0.15, 0.2) is 0 Å². The molecule has 174 valence electrons. The minimum absolute atomic E-state index is 0.0582. The molecule has 0 bridgehead atoms. The number of hydrogen-bond acceptors (Lipinski definition) is 5. The quantitative estimate of drug-likeness (QED) is 0.696. The summed E-state index contributed by atoms with van der Waals surface area (Å²) in [6, 6.07) is 13.6. The number of para-hydroxylation sites is 2. The third-order valence-corrected chi connectivity index (χ3v) is 7.88. The molecule has 2 aliphatic heterocycles. The number of nitrogens with one attached hydrogen (secondary N) is 2. The van der Waals surface area contributed by atoms with Crippen molar-refractivity contribution in [2.75, 3.05) is 40.9 Å². The topological polar surface area (TPSA) is 116 Å². The van der Waals surface area contributed by atoms with Crippen LogP contribution in [0.1, 0.15) is 30.1 Å². The number of carbonyl (C=O) groups excluding carboxylic acids is 3. The first kappa shape index (κ1) is 22.9. The number of hydrogen-bond donors (Lipinski definition) is 2. The zero-order valence-corrected chi connectivity index (χ0v) is 19.1. The number of amides is 3. The van der Waals surface area contributed by atoms with Crippen LogP contribution in [0.2, 0.25) is 0 Å². The lowest BCUT2D eigenvalue weighted by atomic mass is 9.97. The second-order valence-electron chi connectivity index (χ2n) is 8.10. The van der Waals surface area contributed by atoms with Gasteiger partial charge in [0.25, 0.3) is 5.91 Å². The summed E-state index contributed by atoms with van der Waals surface area (Å²) in [6.45, 7) is 2.22. The molecule has 0 aromatic heterocycles. The van der Waals surface area contributed by atoms with Crippen molar-refractivity contribution < 1.29 is 22.8 Å². The van der Waals surface area contributed by atoms with Crippen molar-refractivity contribution in [3.05, 3.63) is 54.1 Å². The van der Waals surface area contributed by atoms with Gasteiger partial charge in [-0.05, 0) is 56.2 Å². The predicted molar refractivity (Wildman–Crippen MR) is 126 cm³/mol. The van der Waals surface area contributed by atoms with Gasteiger partial charge in [-0.2, -0.15) is 0 Å². The summed E-state index contributed by atoms with van der Waals surface area (Å²) in [5.74, 6) is -0.937. The van der Waals surface area contributed by atoms with E-state index in [1.807, 2.05) is 0 Å². The summed E-state index contributed by atoms with van der Waals surface area (Å²) in [7, 11) is -3.23. The third kappa shape index (κ3) is 4.91. The number of sulfonamides is 1. The number of benzene rings is 2. The van der Waals surface area contributed by atoms with E-state index in [1.165, 1.54) is 9.21 Å². The van der Waals surface area contributed by atoms with Crippen molar-refractivity contribution in [2.24, 2.45) is 5.92 Å². The van der Waals surface area contributed by atoms with Gasteiger partial charge >= 0.3 is 0 Å². The maximum absolute atomic E-state index is 13.0. The van der Waals surface area contributed by atoms with E-state index in [-0.39, 0.29) is 35.9 Å². The summed E-state index contributed by atoms with van der Waals surface area (Å²) < 4.78 is 25.4. The van der Waals surface area contributed by atoms with E-state index in [0.717, 1.165) is 0 Å². The van der Waals surface area contributed by atoms with Gasteiger partial charge in [-0.15, -0.1) is 0 Å². The van der Waals surface area contributed by atoms with Crippen LogP contribution in [-0.4, -0.2) is 55.8 Å². The van der Waals surface area contributed by atoms with E-state index in [2.05, 4.69) is 10.6 Å². The van der Waals surface area contributed by atoms with Gasteiger partial charge in [-0.1, -0.05) is 12.1 Å². The fourth-order valence-electron chi connectivity index (χ4n) is 4.09. The first-order valence-corrected chi connectivity index (χ1v) is 12.5. The zero-order valence-electron chi connectivity index (χ0n) is 18.3. The first-order valence-electron chi connectivity index (χ1n) is 10.9. The molecule has 10 heteroatoms. The standard InChI is InChI=1S/C23H26N4O5S/c1-2-33(31,32)26-13-11-16(12-14-26)22(29)24-18-9-7-17(8-10-18)23(30)27-15-21(28)25-19-5-3-4-6-20(19)27/h3-10,16H,2,11-15H2,1H3,(H,24,29)(H,25,28). The van der Waals surface area contributed by atoms with E-state index >= 15 is 0 Å². The Kier molecular flexibility index (Phi) is 6.48. The van der Waals surface area contributed by atoms with Gasteiger partial charge in [0, 0.05) is 30.3 Å². The lowest BCUT2D eigenvalue weighted by Crippen LogP contribution is -2.42. The van der Waals surface area contributed by atoms with Crippen LogP contribution >= 0.6 is 0 Å². The summed E-state index contributed by atoms with van der Waals surface area (Å²) in [4.78, 5) is 39.1. The summed E-state index contributed by atoms with van der Waals surface area (Å²) in [5.41, 5.74) is 2.17. The Bertz CT molecular complexity index is 1170. The van der Waals surface area contributed by atoms with Crippen LogP contribution in [0.5, 0.6) is 0 Å². The fourth-order valence-corrected chi connectivity index (χ4v) is 5.22. The monoisotopic (exact) mass is 470 g/mol. The maximum Gasteiger partial charge on any atom is 0.258 e. The van der Waals surface area contributed by atoms with E-state index in [1.54, 1.807) is 55.5 Å². The summed E-state index contributed by atoms with van der Waals surface area (Å²) >= 11 is 0. The van der Waals surface area contributed by atoms with Gasteiger partial charge in [-0.3, -0.25) is 19.3 Å². The molecule has 4 rings (SSSR count). The lowest BCUT2D eigenvalue weighted by molar-refractivity contribution is -0.121. The number of anilines is 3. The number of fused-ring (bicyclic) bond motifs is 1. The van der Waals surface area contributed by atoms with Gasteiger partial charge < -0.3 is 10.6 Å².